The summed E-state index contributed by atoms with van der Waals surface area (Å²) < 4.78 is 4.85. The van der Waals surface area contributed by atoms with Gasteiger partial charge in [-0.1, -0.05) is 48.5 Å². The molecular formula is C20H24N2O3. The van der Waals surface area contributed by atoms with Gasteiger partial charge in [0.15, 0.2) is 0 Å². The Balaban J connectivity index is 2.15. The van der Waals surface area contributed by atoms with Gasteiger partial charge < -0.3 is 15.4 Å². The number of carbonyl (C=O) groups is 2. The molecule has 5 heteroatoms. The number of esters is 1. The predicted molar refractivity (Wildman–Crippen MR) is 97.5 cm³/mol. The molecule has 2 N–H and O–H groups in total. The van der Waals surface area contributed by atoms with E-state index in [-0.39, 0.29) is 5.91 Å². The summed E-state index contributed by atoms with van der Waals surface area (Å²) in [6.07, 6.45) is 1.12. The first-order valence-corrected chi connectivity index (χ1v) is 8.30. The largest absolute Gasteiger partial charge is 0.467 e. The monoisotopic (exact) mass is 340 g/mol. The third-order valence-corrected chi connectivity index (χ3v) is 3.98. The van der Waals surface area contributed by atoms with E-state index >= 15 is 0 Å². The molecule has 0 heterocycles. The fourth-order valence-corrected chi connectivity index (χ4v) is 2.64. The van der Waals surface area contributed by atoms with Crippen LogP contribution in [-0.4, -0.2) is 38.6 Å². The third-order valence-electron chi connectivity index (χ3n) is 3.98. The lowest BCUT2D eigenvalue weighted by molar-refractivity contribution is -0.142. The number of likely N-dealkylation sites (N-methyl/N-ethyl adjacent to an activating group) is 1. The molecule has 0 saturated heterocycles. The molecule has 0 spiro atoms. The molecule has 5 nitrogen and oxygen atoms in total. The quantitative estimate of drug-likeness (QED) is 0.721. The molecule has 0 aromatic heterocycles. The van der Waals surface area contributed by atoms with E-state index in [0.717, 1.165) is 24.1 Å². The highest BCUT2D eigenvalue weighted by Crippen LogP contribution is 2.11. The van der Waals surface area contributed by atoms with Crippen LogP contribution in [0.15, 0.2) is 54.6 Å². The molecule has 0 radical (unpaired) electrons. The maximum Gasteiger partial charge on any atom is 0.328 e. The molecule has 0 fully saturated rings. The highest BCUT2D eigenvalue weighted by atomic mass is 16.5. The van der Waals surface area contributed by atoms with Crippen molar-refractivity contribution < 1.29 is 14.3 Å². The van der Waals surface area contributed by atoms with Gasteiger partial charge in [-0.3, -0.25) is 4.79 Å². The van der Waals surface area contributed by atoms with Gasteiger partial charge in [-0.05, 0) is 37.2 Å². The van der Waals surface area contributed by atoms with Crippen LogP contribution in [0.25, 0.3) is 0 Å². The number of hydrogen-bond acceptors (Lipinski definition) is 4. The van der Waals surface area contributed by atoms with E-state index in [4.69, 9.17) is 4.74 Å². The Morgan fingerprint density at radius 1 is 1.04 bits per heavy atom. The van der Waals surface area contributed by atoms with E-state index in [9.17, 15) is 9.59 Å². The molecule has 2 rings (SSSR count). The molecule has 132 valence electrons. The summed E-state index contributed by atoms with van der Waals surface area (Å²) in [5.41, 5.74) is 2.49. The van der Waals surface area contributed by atoms with Gasteiger partial charge in [0.05, 0.1) is 7.11 Å². The lowest BCUT2D eigenvalue weighted by Crippen LogP contribution is -2.43. The fourth-order valence-electron chi connectivity index (χ4n) is 2.64. The van der Waals surface area contributed by atoms with Crippen LogP contribution in [-0.2, 0) is 22.4 Å². The van der Waals surface area contributed by atoms with Crippen molar-refractivity contribution in [3.8, 4) is 0 Å². The highest BCUT2D eigenvalue weighted by Gasteiger charge is 2.23. The van der Waals surface area contributed by atoms with E-state index < -0.39 is 12.0 Å². The molecule has 0 aliphatic heterocycles. The van der Waals surface area contributed by atoms with Gasteiger partial charge in [-0.25, -0.2) is 4.79 Å². The molecule has 1 unspecified atom stereocenters. The lowest BCUT2D eigenvalue weighted by Gasteiger charge is -2.18. The maximum atomic E-state index is 12.7. The van der Waals surface area contributed by atoms with Gasteiger partial charge in [0, 0.05) is 12.0 Å². The Labute approximate surface area is 148 Å². The Bertz CT molecular complexity index is 701. The zero-order valence-corrected chi connectivity index (χ0v) is 14.6. The van der Waals surface area contributed by atoms with E-state index in [1.807, 2.05) is 55.6 Å². The summed E-state index contributed by atoms with van der Waals surface area (Å²) in [7, 11) is 3.20. The van der Waals surface area contributed by atoms with E-state index in [1.54, 1.807) is 6.07 Å². The first-order valence-electron chi connectivity index (χ1n) is 8.30. The predicted octanol–water partition coefficient (Wildman–Crippen LogP) is 1.96. The van der Waals surface area contributed by atoms with Crippen molar-refractivity contribution in [1.29, 1.82) is 0 Å². The minimum Gasteiger partial charge on any atom is -0.467 e. The van der Waals surface area contributed by atoms with Crippen LogP contribution < -0.4 is 10.6 Å². The summed E-state index contributed by atoms with van der Waals surface area (Å²) in [6, 6.07) is 16.3. The third kappa shape index (κ3) is 5.43. The van der Waals surface area contributed by atoms with Crippen molar-refractivity contribution in [3.05, 3.63) is 71.3 Å². The summed E-state index contributed by atoms with van der Waals surface area (Å²) in [5, 5.41) is 5.89. The molecule has 2 aromatic rings. The second-order valence-corrected chi connectivity index (χ2v) is 5.75. The molecule has 2 aromatic carbocycles. The smallest absolute Gasteiger partial charge is 0.328 e. The summed E-state index contributed by atoms with van der Waals surface area (Å²) in [4.78, 5) is 24.8. The van der Waals surface area contributed by atoms with Gasteiger partial charge in [-0.15, -0.1) is 0 Å². The molecule has 25 heavy (non-hydrogen) atoms. The van der Waals surface area contributed by atoms with Crippen molar-refractivity contribution in [2.45, 2.75) is 18.9 Å². The van der Waals surface area contributed by atoms with Crippen LogP contribution in [0, 0.1) is 0 Å². The molecule has 1 amide bonds. The molecular weight excluding hydrogens is 316 g/mol. The SMILES string of the molecule is CNCCc1ccccc1C(=O)NC(Cc1ccccc1)C(=O)OC. The average molecular weight is 340 g/mol. The number of hydrogen-bond donors (Lipinski definition) is 2. The van der Waals surface area contributed by atoms with Gasteiger partial charge >= 0.3 is 5.97 Å². The first kappa shape index (κ1) is 18.7. The number of ether oxygens (including phenoxy) is 1. The van der Waals surface area contributed by atoms with Crippen LogP contribution in [0.4, 0.5) is 0 Å². The second-order valence-electron chi connectivity index (χ2n) is 5.75. The van der Waals surface area contributed by atoms with Gasteiger partial charge in [0.25, 0.3) is 5.91 Å². The number of nitrogens with one attached hydrogen (secondary N) is 2. The minimum absolute atomic E-state index is 0.266. The Kier molecular flexibility index (Phi) is 7.16. The van der Waals surface area contributed by atoms with Crippen molar-refractivity contribution in [1.82, 2.24) is 10.6 Å². The molecule has 1 atom stereocenters. The average Bonchev–Trinajstić information content (AvgIpc) is 2.66. The van der Waals surface area contributed by atoms with Gasteiger partial charge in [0.1, 0.15) is 6.04 Å². The topological polar surface area (TPSA) is 67.4 Å². The van der Waals surface area contributed by atoms with E-state index in [1.165, 1.54) is 7.11 Å². The zero-order chi connectivity index (χ0) is 18.1. The van der Waals surface area contributed by atoms with Crippen molar-refractivity contribution in [2.24, 2.45) is 0 Å². The minimum atomic E-state index is -0.725. The maximum absolute atomic E-state index is 12.7. The number of benzene rings is 2. The molecule has 0 aliphatic carbocycles. The standard InChI is InChI=1S/C20H24N2O3/c1-21-13-12-16-10-6-7-11-17(16)19(23)22-18(20(24)25-2)14-15-8-4-3-5-9-15/h3-11,18,21H,12-14H2,1-2H3,(H,22,23). The summed E-state index contributed by atoms with van der Waals surface area (Å²) in [5.74, 6) is -0.719. The number of amides is 1. The van der Waals surface area contributed by atoms with E-state index in [0.29, 0.717) is 12.0 Å². The van der Waals surface area contributed by atoms with Crippen molar-refractivity contribution >= 4 is 11.9 Å². The van der Waals surface area contributed by atoms with Crippen molar-refractivity contribution in [2.75, 3.05) is 20.7 Å². The van der Waals surface area contributed by atoms with E-state index in [2.05, 4.69) is 10.6 Å². The molecule has 0 saturated carbocycles. The van der Waals surface area contributed by atoms with Crippen LogP contribution in [0.1, 0.15) is 21.5 Å². The Morgan fingerprint density at radius 2 is 1.72 bits per heavy atom. The first-order chi connectivity index (χ1) is 12.2. The normalized spacial score (nSPS) is 11.6. The molecule has 0 bridgehead atoms. The molecule has 0 aliphatic rings. The van der Waals surface area contributed by atoms with Gasteiger partial charge in [-0.2, -0.15) is 0 Å². The number of methoxy groups -OCH3 is 1. The van der Waals surface area contributed by atoms with Crippen LogP contribution >= 0.6 is 0 Å². The fraction of sp³-hybridized carbons (Fsp3) is 0.300. The Hall–Kier alpha value is -2.66. The number of rotatable bonds is 8. The van der Waals surface area contributed by atoms with Crippen LogP contribution in [0.2, 0.25) is 0 Å². The lowest BCUT2D eigenvalue weighted by atomic mass is 10.0. The van der Waals surface area contributed by atoms with Crippen LogP contribution in [0.3, 0.4) is 0 Å². The highest BCUT2D eigenvalue weighted by molar-refractivity contribution is 5.98. The zero-order valence-electron chi connectivity index (χ0n) is 14.6. The van der Waals surface area contributed by atoms with Gasteiger partial charge in [0.2, 0.25) is 0 Å². The second kappa shape index (κ2) is 9.59. The summed E-state index contributed by atoms with van der Waals surface area (Å²) in [6.45, 7) is 0.773. The van der Waals surface area contributed by atoms with Crippen LogP contribution in [0.5, 0.6) is 0 Å². The summed E-state index contributed by atoms with van der Waals surface area (Å²) >= 11 is 0. The Morgan fingerprint density at radius 3 is 2.40 bits per heavy atom. The van der Waals surface area contributed by atoms with Crippen molar-refractivity contribution in [3.63, 3.8) is 0 Å². The number of carbonyl (C=O) groups excluding carboxylic acids is 2.